The lowest BCUT2D eigenvalue weighted by Gasteiger charge is -2.36. The number of nitrogens with zero attached hydrogens (tertiary/aromatic N) is 2. The first-order valence-electron chi connectivity index (χ1n) is 9.13. The van der Waals surface area contributed by atoms with Crippen LogP contribution in [0.5, 0.6) is 5.75 Å². The maximum absolute atomic E-state index is 12.8. The molecule has 0 bridgehead atoms. The molecular weight excluding hydrogens is 392 g/mol. The summed E-state index contributed by atoms with van der Waals surface area (Å²) in [5.74, 6) is 0.825. The van der Waals surface area contributed by atoms with Crippen LogP contribution in [0.15, 0.2) is 59.1 Å². The Bertz CT molecular complexity index is 698. The van der Waals surface area contributed by atoms with Gasteiger partial charge >= 0.3 is 0 Å². The largest absolute Gasteiger partial charge is 0.481 e. The minimum absolute atomic E-state index is 0.0924. The Kier molecular flexibility index (Phi) is 6.69. The Hall–Kier alpha value is -1.85. The van der Waals surface area contributed by atoms with E-state index in [9.17, 15) is 4.79 Å². The highest BCUT2D eigenvalue weighted by atomic mass is 79.9. The van der Waals surface area contributed by atoms with E-state index in [0.717, 1.165) is 42.9 Å². The summed E-state index contributed by atoms with van der Waals surface area (Å²) in [5, 5.41) is 0. The van der Waals surface area contributed by atoms with Crippen molar-refractivity contribution in [2.24, 2.45) is 0 Å². The fourth-order valence-electron chi connectivity index (χ4n) is 3.16. The first-order valence-corrected chi connectivity index (χ1v) is 9.92. The molecule has 0 aromatic heterocycles. The number of piperazine rings is 1. The maximum atomic E-state index is 12.8. The number of hydrogen-bond acceptors (Lipinski definition) is 3. The maximum Gasteiger partial charge on any atom is 0.263 e. The zero-order chi connectivity index (χ0) is 18.4. The van der Waals surface area contributed by atoms with E-state index >= 15 is 0 Å². The van der Waals surface area contributed by atoms with Crippen molar-refractivity contribution in [3.05, 3.63) is 64.6 Å². The molecular formula is C21H25BrN2O2. The van der Waals surface area contributed by atoms with Gasteiger partial charge in [0.25, 0.3) is 5.91 Å². The number of rotatable bonds is 6. The van der Waals surface area contributed by atoms with Crippen molar-refractivity contribution in [1.82, 2.24) is 9.80 Å². The van der Waals surface area contributed by atoms with Crippen LogP contribution in [-0.2, 0) is 11.3 Å². The van der Waals surface area contributed by atoms with E-state index in [-0.39, 0.29) is 5.91 Å². The summed E-state index contributed by atoms with van der Waals surface area (Å²) >= 11 is 3.41. The fourth-order valence-corrected chi connectivity index (χ4v) is 3.42. The third-order valence-corrected chi connectivity index (χ3v) is 5.20. The van der Waals surface area contributed by atoms with E-state index in [0.29, 0.717) is 6.42 Å². The number of ether oxygens (including phenoxy) is 1. The Labute approximate surface area is 163 Å². The van der Waals surface area contributed by atoms with Gasteiger partial charge < -0.3 is 9.64 Å². The molecule has 0 aliphatic carbocycles. The number of halogens is 1. The van der Waals surface area contributed by atoms with Crippen LogP contribution < -0.4 is 4.74 Å². The van der Waals surface area contributed by atoms with Crippen molar-refractivity contribution < 1.29 is 9.53 Å². The van der Waals surface area contributed by atoms with Crippen LogP contribution in [0.1, 0.15) is 18.9 Å². The van der Waals surface area contributed by atoms with Gasteiger partial charge in [-0.3, -0.25) is 9.69 Å². The highest BCUT2D eigenvalue weighted by Crippen LogP contribution is 2.19. The molecule has 0 radical (unpaired) electrons. The number of hydrogen-bond donors (Lipinski definition) is 0. The second-order valence-corrected chi connectivity index (χ2v) is 7.47. The highest BCUT2D eigenvalue weighted by molar-refractivity contribution is 9.10. The van der Waals surface area contributed by atoms with Crippen LogP contribution in [0.4, 0.5) is 0 Å². The molecule has 4 nitrogen and oxygen atoms in total. The summed E-state index contributed by atoms with van der Waals surface area (Å²) in [7, 11) is 0. The van der Waals surface area contributed by atoms with E-state index in [1.54, 1.807) is 0 Å². The van der Waals surface area contributed by atoms with E-state index in [2.05, 4.69) is 45.1 Å². The summed E-state index contributed by atoms with van der Waals surface area (Å²) < 4.78 is 6.93. The van der Waals surface area contributed by atoms with Gasteiger partial charge in [0.1, 0.15) is 5.75 Å². The Morgan fingerprint density at radius 1 is 1.04 bits per heavy atom. The van der Waals surface area contributed by atoms with Crippen molar-refractivity contribution in [1.29, 1.82) is 0 Å². The van der Waals surface area contributed by atoms with Crippen LogP contribution in [0, 0.1) is 0 Å². The smallest absolute Gasteiger partial charge is 0.263 e. The summed E-state index contributed by atoms with van der Waals surface area (Å²) in [4.78, 5) is 17.2. The molecule has 1 aliphatic rings. The Morgan fingerprint density at radius 2 is 1.69 bits per heavy atom. The zero-order valence-corrected chi connectivity index (χ0v) is 16.7. The summed E-state index contributed by atoms with van der Waals surface area (Å²) in [5.41, 5.74) is 1.32. The molecule has 5 heteroatoms. The van der Waals surface area contributed by atoms with Crippen LogP contribution in [-0.4, -0.2) is 48.0 Å². The molecule has 2 aromatic rings. The van der Waals surface area contributed by atoms with E-state index < -0.39 is 6.10 Å². The van der Waals surface area contributed by atoms with Crippen molar-refractivity contribution in [2.75, 3.05) is 26.2 Å². The van der Waals surface area contributed by atoms with Crippen LogP contribution in [0.2, 0.25) is 0 Å². The van der Waals surface area contributed by atoms with Crippen molar-refractivity contribution in [3.8, 4) is 5.75 Å². The molecule has 1 amide bonds. The fraction of sp³-hybridized carbons (Fsp3) is 0.381. The molecule has 1 aliphatic heterocycles. The summed E-state index contributed by atoms with van der Waals surface area (Å²) in [6.07, 6.45) is 0.246. The van der Waals surface area contributed by atoms with E-state index in [1.165, 1.54) is 5.56 Å². The number of benzene rings is 2. The van der Waals surface area contributed by atoms with E-state index in [1.807, 2.05) is 42.2 Å². The van der Waals surface area contributed by atoms with E-state index in [4.69, 9.17) is 4.74 Å². The molecule has 1 atom stereocenters. The Morgan fingerprint density at radius 3 is 2.31 bits per heavy atom. The molecule has 2 aromatic carbocycles. The molecule has 1 unspecified atom stereocenters. The molecule has 0 N–H and O–H groups in total. The minimum atomic E-state index is -0.420. The molecule has 3 rings (SSSR count). The predicted molar refractivity (Wildman–Crippen MR) is 107 cm³/mol. The molecule has 1 fully saturated rings. The van der Waals surface area contributed by atoms with Gasteiger partial charge in [0.15, 0.2) is 6.10 Å². The summed E-state index contributed by atoms with van der Waals surface area (Å²) in [6, 6.07) is 18.1. The number of amides is 1. The average Bonchev–Trinajstić information content (AvgIpc) is 2.68. The van der Waals surface area contributed by atoms with Crippen LogP contribution in [0.3, 0.4) is 0 Å². The van der Waals surface area contributed by atoms with Gasteiger partial charge in [-0.25, -0.2) is 0 Å². The lowest BCUT2D eigenvalue weighted by atomic mass is 10.1. The third-order valence-electron chi connectivity index (χ3n) is 4.67. The van der Waals surface area contributed by atoms with Crippen LogP contribution in [0.25, 0.3) is 0 Å². The van der Waals surface area contributed by atoms with Crippen molar-refractivity contribution >= 4 is 21.8 Å². The van der Waals surface area contributed by atoms with Crippen LogP contribution >= 0.6 is 15.9 Å². The van der Waals surface area contributed by atoms with Gasteiger partial charge in [-0.05, 0) is 36.2 Å². The van der Waals surface area contributed by atoms with Crippen molar-refractivity contribution in [3.63, 3.8) is 0 Å². The molecule has 0 spiro atoms. The normalized spacial score (nSPS) is 16.3. The molecule has 0 saturated carbocycles. The highest BCUT2D eigenvalue weighted by Gasteiger charge is 2.27. The second-order valence-electron chi connectivity index (χ2n) is 6.56. The predicted octanol–water partition coefficient (Wildman–Crippen LogP) is 3.95. The van der Waals surface area contributed by atoms with Gasteiger partial charge in [-0.15, -0.1) is 0 Å². The minimum Gasteiger partial charge on any atom is -0.481 e. The molecule has 1 heterocycles. The van der Waals surface area contributed by atoms with Gasteiger partial charge in [0, 0.05) is 37.2 Å². The standard InChI is InChI=1S/C21H25BrN2O2/c1-2-20(26-19-10-8-18(22)9-11-19)21(25)24-14-12-23(13-15-24)16-17-6-4-3-5-7-17/h3-11,20H,2,12-16H2,1H3. The summed E-state index contributed by atoms with van der Waals surface area (Å²) in [6.45, 7) is 6.24. The van der Waals surface area contributed by atoms with Gasteiger partial charge in [0.05, 0.1) is 0 Å². The van der Waals surface area contributed by atoms with Gasteiger partial charge in [-0.1, -0.05) is 53.2 Å². The first kappa shape index (κ1) is 18.9. The second kappa shape index (κ2) is 9.19. The zero-order valence-electron chi connectivity index (χ0n) is 15.1. The SMILES string of the molecule is CCC(Oc1ccc(Br)cc1)C(=O)N1CCN(Cc2ccccc2)CC1. The quantitative estimate of drug-likeness (QED) is 0.714. The first-order chi connectivity index (χ1) is 12.7. The number of carbonyl (C=O) groups excluding carboxylic acids is 1. The monoisotopic (exact) mass is 416 g/mol. The lowest BCUT2D eigenvalue weighted by molar-refractivity contribution is -0.140. The van der Waals surface area contributed by atoms with Gasteiger partial charge in [-0.2, -0.15) is 0 Å². The van der Waals surface area contributed by atoms with Gasteiger partial charge in [0.2, 0.25) is 0 Å². The molecule has 26 heavy (non-hydrogen) atoms. The number of carbonyl (C=O) groups is 1. The molecule has 138 valence electrons. The molecule has 1 saturated heterocycles. The third kappa shape index (κ3) is 5.08. The topological polar surface area (TPSA) is 32.8 Å². The van der Waals surface area contributed by atoms with Crippen molar-refractivity contribution in [2.45, 2.75) is 26.0 Å². The Balaban J connectivity index is 1.52. The lowest BCUT2D eigenvalue weighted by Crippen LogP contribution is -2.52. The average molecular weight is 417 g/mol.